The number of halogens is 1. The van der Waals surface area contributed by atoms with Crippen molar-refractivity contribution in [1.29, 1.82) is 0 Å². The van der Waals surface area contributed by atoms with Crippen molar-refractivity contribution in [3.05, 3.63) is 88.4 Å². The molecular formula is C28H31ClN2O4S. The van der Waals surface area contributed by atoms with Gasteiger partial charge in [-0.25, -0.2) is 8.42 Å². The summed E-state index contributed by atoms with van der Waals surface area (Å²) in [5.74, 6) is 0.147. The van der Waals surface area contributed by atoms with E-state index >= 15 is 0 Å². The molecule has 0 spiro atoms. The summed E-state index contributed by atoms with van der Waals surface area (Å²) < 4.78 is 33.5. The third-order valence-corrected chi connectivity index (χ3v) is 8.57. The Kier molecular flexibility index (Phi) is 8.21. The monoisotopic (exact) mass is 526 g/mol. The summed E-state index contributed by atoms with van der Waals surface area (Å²) in [6.07, 6.45) is 5.22. The van der Waals surface area contributed by atoms with Crippen molar-refractivity contribution in [2.45, 2.75) is 50.0 Å². The fourth-order valence-electron chi connectivity index (χ4n) is 4.58. The van der Waals surface area contributed by atoms with Crippen molar-refractivity contribution in [3.8, 4) is 5.75 Å². The Morgan fingerprint density at radius 2 is 1.75 bits per heavy atom. The molecule has 0 heterocycles. The van der Waals surface area contributed by atoms with Crippen LogP contribution in [-0.4, -0.2) is 28.0 Å². The number of hydrogen-bond donors (Lipinski definition) is 1. The molecule has 1 N–H and O–H groups in total. The molecular weight excluding hydrogens is 496 g/mol. The molecule has 1 amide bonds. The number of amides is 1. The molecule has 0 fully saturated rings. The van der Waals surface area contributed by atoms with Gasteiger partial charge in [0.15, 0.2) is 0 Å². The lowest BCUT2D eigenvalue weighted by molar-refractivity contribution is -0.120. The average molecular weight is 527 g/mol. The standard InChI is InChI=1S/C28H31ClN2O4S/c1-3-27(22-12-11-20-7-4-5-8-21(20)17-22)30-28(32)19-31(24-10-6-9-23(29)18-24)36(33,34)26-15-13-25(35-2)14-16-26/h6,9-18,27H,3-5,7-8,19H2,1-2H3,(H,30,32). The normalized spacial score (nSPS) is 14.0. The van der Waals surface area contributed by atoms with E-state index in [1.807, 2.05) is 6.92 Å². The van der Waals surface area contributed by atoms with E-state index in [1.165, 1.54) is 49.3 Å². The van der Waals surface area contributed by atoms with Gasteiger partial charge in [0.05, 0.1) is 23.7 Å². The Balaban J connectivity index is 1.60. The molecule has 190 valence electrons. The van der Waals surface area contributed by atoms with Crippen molar-refractivity contribution in [1.82, 2.24) is 5.32 Å². The molecule has 36 heavy (non-hydrogen) atoms. The number of ether oxygens (including phenoxy) is 1. The van der Waals surface area contributed by atoms with Gasteiger partial charge in [0.25, 0.3) is 10.0 Å². The number of carbonyl (C=O) groups excluding carboxylic acids is 1. The maximum atomic E-state index is 13.6. The quantitative estimate of drug-likeness (QED) is 0.388. The molecule has 0 aromatic heterocycles. The van der Waals surface area contributed by atoms with E-state index in [-0.39, 0.29) is 17.5 Å². The molecule has 8 heteroatoms. The van der Waals surface area contributed by atoms with Gasteiger partial charge in [-0.1, -0.05) is 42.8 Å². The van der Waals surface area contributed by atoms with Crippen LogP contribution in [0.2, 0.25) is 5.02 Å². The highest BCUT2D eigenvalue weighted by Gasteiger charge is 2.28. The van der Waals surface area contributed by atoms with Crippen LogP contribution in [0.4, 0.5) is 5.69 Å². The van der Waals surface area contributed by atoms with Crippen molar-refractivity contribution in [3.63, 3.8) is 0 Å². The molecule has 0 saturated carbocycles. The van der Waals surface area contributed by atoms with E-state index in [1.54, 1.807) is 30.3 Å². The van der Waals surface area contributed by atoms with E-state index in [9.17, 15) is 13.2 Å². The first-order chi connectivity index (χ1) is 17.3. The Morgan fingerprint density at radius 1 is 1.03 bits per heavy atom. The van der Waals surface area contributed by atoms with Gasteiger partial charge in [-0.15, -0.1) is 0 Å². The van der Waals surface area contributed by atoms with Gasteiger partial charge >= 0.3 is 0 Å². The molecule has 6 nitrogen and oxygen atoms in total. The minimum Gasteiger partial charge on any atom is -0.497 e. The average Bonchev–Trinajstić information content (AvgIpc) is 2.90. The largest absolute Gasteiger partial charge is 0.497 e. The first-order valence-corrected chi connectivity index (χ1v) is 14.0. The van der Waals surface area contributed by atoms with E-state index in [2.05, 4.69) is 23.5 Å². The van der Waals surface area contributed by atoms with Crippen LogP contribution in [0.15, 0.2) is 71.6 Å². The number of anilines is 1. The van der Waals surface area contributed by atoms with Gasteiger partial charge in [0.1, 0.15) is 12.3 Å². The second-order valence-electron chi connectivity index (χ2n) is 8.93. The number of rotatable bonds is 9. The molecule has 0 radical (unpaired) electrons. The number of hydrogen-bond acceptors (Lipinski definition) is 4. The number of nitrogens with zero attached hydrogens (tertiary/aromatic N) is 1. The van der Waals surface area contributed by atoms with Crippen LogP contribution in [0.5, 0.6) is 5.75 Å². The molecule has 1 aliphatic rings. The van der Waals surface area contributed by atoms with E-state index in [4.69, 9.17) is 16.3 Å². The Bertz CT molecular complexity index is 1330. The Hall–Kier alpha value is -3.03. The van der Waals surface area contributed by atoms with Gasteiger partial charge in [0.2, 0.25) is 5.91 Å². The molecule has 1 aliphatic carbocycles. The summed E-state index contributed by atoms with van der Waals surface area (Å²) in [4.78, 5) is 13.3. The van der Waals surface area contributed by atoms with Gasteiger partial charge in [-0.2, -0.15) is 0 Å². The zero-order valence-corrected chi connectivity index (χ0v) is 22.1. The fourth-order valence-corrected chi connectivity index (χ4v) is 6.18. The Labute approximate surface area is 218 Å². The van der Waals surface area contributed by atoms with Crippen molar-refractivity contribution in [2.75, 3.05) is 18.0 Å². The van der Waals surface area contributed by atoms with Crippen molar-refractivity contribution < 1.29 is 17.9 Å². The number of carbonyl (C=O) groups is 1. The molecule has 4 rings (SSSR count). The number of aryl methyl sites for hydroxylation is 2. The predicted octanol–water partition coefficient (Wildman–Crippen LogP) is 5.69. The second-order valence-corrected chi connectivity index (χ2v) is 11.2. The summed E-state index contributed by atoms with van der Waals surface area (Å²) in [5, 5.41) is 3.43. The first kappa shape index (κ1) is 26.0. The lowest BCUT2D eigenvalue weighted by Gasteiger charge is -2.26. The number of fused-ring (bicyclic) bond motifs is 1. The number of nitrogens with one attached hydrogen (secondary N) is 1. The maximum Gasteiger partial charge on any atom is 0.264 e. The zero-order chi connectivity index (χ0) is 25.7. The molecule has 0 aliphatic heterocycles. The van der Waals surface area contributed by atoms with Crippen LogP contribution in [0, 0.1) is 0 Å². The third-order valence-electron chi connectivity index (χ3n) is 6.55. The summed E-state index contributed by atoms with van der Waals surface area (Å²) in [6, 6.07) is 18.8. The Morgan fingerprint density at radius 3 is 2.42 bits per heavy atom. The van der Waals surface area contributed by atoms with Gasteiger partial charge < -0.3 is 10.1 Å². The highest BCUT2D eigenvalue weighted by molar-refractivity contribution is 7.92. The van der Waals surface area contributed by atoms with Gasteiger partial charge in [-0.05, 0) is 91.3 Å². The van der Waals surface area contributed by atoms with Crippen molar-refractivity contribution >= 4 is 33.2 Å². The van der Waals surface area contributed by atoms with Crippen LogP contribution in [0.25, 0.3) is 0 Å². The zero-order valence-electron chi connectivity index (χ0n) is 20.5. The van der Waals surface area contributed by atoms with Crippen LogP contribution in [-0.2, 0) is 27.7 Å². The molecule has 0 bridgehead atoms. The maximum absolute atomic E-state index is 13.6. The lowest BCUT2D eigenvalue weighted by Crippen LogP contribution is -2.42. The molecule has 0 saturated heterocycles. The highest BCUT2D eigenvalue weighted by Crippen LogP contribution is 2.29. The van der Waals surface area contributed by atoms with Crippen LogP contribution < -0.4 is 14.4 Å². The molecule has 3 aromatic carbocycles. The first-order valence-electron chi connectivity index (χ1n) is 12.1. The smallest absolute Gasteiger partial charge is 0.264 e. The summed E-state index contributed by atoms with van der Waals surface area (Å²) in [5.41, 5.74) is 4.08. The van der Waals surface area contributed by atoms with Crippen LogP contribution >= 0.6 is 11.6 Å². The minimum absolute atomic E-state index is 0.0535. The summed E-state index contributed by atoms with van der Waals surface area (Å²) >= 11 is 6.17. The van der Waals surface area contributed by atoms with Crippen molar-refractivity contribution in [2.24, 2.45) is 0 Å². The minimum atomic E-state index is -4.05. The second kappa shape index (κ2) is 11.4. The number of sulfonamides is 1. The summed E-state index contributed by atoms with van der Waals surface area (Å²) in [7, 11) is -2.54. The third kappa shape index (κ3) is 5.85. The highest BCUT2D eigenvalue weighted by atomic mass is 35.5. The van der Waals surface area contributed by atoms with Gasteiger partial charge in [-0.3, -0.25) is 9.10 Å². The topological polar surface area (TPSA) is 75.7 Å². The van der Waals surface area contributed by atoms with Gasteiger partial charge in [0, 0.05) is 5.02 Å². The van der Waals surface area contributed by atoms with E-state index < -0.39 is 15.9 Å². The van der Waals surface area contributed by atoms with Crippen LogP contribution in [0.3, 0.4) is 0 Å². The van der Waals surface area contributed by atoms with E-state index in [0.717, 1.165) is 22.7 Å². The molecule has 1 unspecified atom stereocenters. The fraction of sp³-hybridized carbons (Fsp3) is 0.321. The predicted molar refractivity (Wildman–Crippen MR) is 143 cm³/mol. The van der Waals surface area contributed by atoms with E-state index in [0.29, 0.717) is 22.9 Å². The SMILES string of the molecule is CCC(NC(=O)CN(c1cccc(Cl)c1)S(=O)(=O)c1ccc(OC)cc1)c1ccc2c(c1)CCCC2. The number of methoxy groups -OCH3 is 1. The number of benzene rings is 3. The molecule has 3 aromatic rings. The summed E-state index contributed by atoms with van der Waals surface area (Å²) in [6.45, 7) is 1.63. The van der Waals surface area contributed by atoms with Crippen LogP contribution in [0.1, 0.15) is 48.9 Å². The molecule has 1 atom stereocenters. The lowest BCUT2D eigenvalue weighted by atomic mass is 9.89.